The molecule has 3 rings (SSSR count). The quantitative estimate of drug-likeness (QED) is 0.786. The normalized spacial score (nSPS) is 10.7. The number of fused-ring (bicyclic) bond motifs is 1. The van der Waals surface area contributed by atoms with E-state index in [1.54, 1.807) is 19.4 Å². The molecule has 20 heavy (non-hydrogen) atoms. The smallest absolute Gasteiger partial charge is 0.243 e. The van der Waals surface area contributed by atoms with Crippen molar-refractivity contribution in [2.75, 3.05) is 12.4 Å². The number of nitrogens with zero attached hydrogens (tertiary/aromatic N) is 4. The van der Waals surface area contributed by atoms with Crippen molar-refractivity contribution in [1.82, 2.24) is 19.6 Å². The molecule has 0 aliphatic rings. The molecule has 0 spiro atoms. The summed E-state index contributed by atoms with van der Waals surface area (Å²) in [6.45, 7) is 0.469. The second kappa shape index (κ2) is 5.12. The van der Waals surface area contributed by atoms with Gasteiger partial charge in [0.2, 0.25) is 11.8 Å². The summed E-state index contributed by atoms with van der Waals surface area (Å²) < 4.78 is 19.6. The van der Waals surface area contributed by atoms with Crippen LogP contribution in [0.5, 0.6) is 5.88 Å². The van der Waals surface area contributed by atoms with Crippen LogP contribution >= 0.6 is 0 Å². The highest BCUT2D eigenvalue weighted by atomic mass is 19.1. The average molecular weight is 273 g/mol. The highest BCUT2D eigenvalue weighted by Gasteiger charge is 2.06. The molecule has 0 fully saturated rings. The van der Waals surface area contributed by atoms with E-state index >= 15 is 0 Å². The molecule has 0 aliphatic heterocycles. The zero-order chi connectivity index (χ0) is 13.9. The van der Waals surface area contributed by atoms with Gasteiger partial charge in [0, 0.05) is 18.3 Å². The fourth-order valence-corrected chi connectivity index (χ4v) is 1.85. The molecule has 0 unspecified atom stereocenters. The van der Waals surface area contributed by atoms with E-state index in [2.05, 4.69) is 20.4 Å². The van der Waals surface area contributed by atoms with Gasteiger partial charge in [-0.15, -0.1) is 5.10 Å². The summed E-state index contributed by atoms with van der Waals surface area (Å²) in [4.78, 5) is 8.34. The standard InChI is InChI=1S/C13H12FN5O/c1-20-12-9(3-2-6-15-12)7-16-13-17-11-5-4-10(14)8-19(11)18-13/h2-6,8H,7H2,1H3,(H,16,18). The zero-order valence-electron chi connectivity index (χ0n) is 10.7. The Kier molecular flexibility index (Phi) is 3.16. The molecule has 102 valence electrons. The fraction of sp³-hybridized carbons (Fsp3) is 0.154. The van der Waals surface area contributed by atoms with Crippen LogP contribution in [0.4, 0.5) is 10.3 Å². The van der Waals surface area contributed by atoms with Gasteiger partial charge in [0.05, 0.1) is 13.3 Å². The van der Waals surface area contributed by atoms with Crippen molar-refractivity contribution < 1.29 is 9.13 Å². The van der Waals surface area contributed by atoms with Gasteiger partial charge in [0.25, 0.3) is 0 Å². The summed E-state index contributed by atoms with van der Waals surface area (Å²) in [5.74, 6) is 0.610. The minimum atomic E-state index is -0.358. The van der Waals surface area contributed by atoms with Crippen LogP contribution in [0, 0.1) is 5.82 Å². The van der Waals surface area contributed by atoms with Gasteiger partial charge in [-0.3, -0.25) is 0 Å². The molecule has 3 aromatic heterocycles. The second-order valence-corrected chi connectivity index (χ2v) is 4.11. The molecular weight excluding hydrogens is 261 g/mol. The summed E-state index contributed by atoms with van der Waals surface area (Å²) >= 11 is 0. The van der Waals surface area contributed by atoms with Gasteiger partial charge in [-0.05, 0) is 18.2 Å². The molecule has 0 aromatic carbocycles. The number of rotatable bonds is 4. The lowest BCUT2D eigenvalue weighted by atomic mass is 10.3. The summed E-state index contributed by atoms with van der Waals surface area (Å²) in [5.41, 5.74) is 1.46. The predicted molar refractivity (Wildman–Crippen MR) is 71.1 cm³/mol. The van der Waals surface area contributed by atoms with Crippen molar-refractivity contribution in [3.05, 3.63) is 48.0 Å². The Hall–Kier alpha value is -2.70. The highest BCUT2D eigenvalue weighted by molar-refractivity contribution is 5.43. The third-order valence-electron chi connectivity index (χ3n) is 2.78. The topological polar surface area (TPSA) is 64.3 Å². The van der Waals surface area contributed by atoms with Crippen LogP contribution in [0.25, 0.3) is 5.65 Å². The van der Waals surface area contributed by atoms with Gasteiger partial charge in [-0.2, -0.15) is 4.98 Å². The van der Waals surface area contributed by atoms with E-state index in [4.69, 9.17) is 4.74 Å². The van der Waals surface area contributed by atoms with E-state index in [1.807, 2.05) is 12.1 Å². The van der Waals surface area contributed by atoms with Gasteiger partial charge in [0.1, 0.15) is 5.82 Å². The van der Waals surface area contributed by atoms with E-state index in [0.717, 1.165) is 5.56 Å². The van der Waals surface area contributed by atoms with E-state index in [0.29, 0.717) is 24.0 Å². The molecule has 7 heteroatoms. The van der Waals surface area contributed by atoms with Crippen LogP contribution in [0.1, 0.15) is 5.56 Å². The number of aromatic nitrogens is 4. The average Bonchev–Trinajstić information content (AvgIpc) is 2.87. The van der Waals surface area contributed by atoms with Gasteiger partial charge in [-0.25, -0.2) is 13.9 Å². The van der Waals surface area contributed by atoms with Crippen LogP contribution in [-0.2, 0) is 6.54 Å². The molecule has 3 aromatic rings. The van der Waals surface area contributed by atoms with Crippen LogP contribution in [0.3, 0.4) is 0 Å². The SMILES string of the molecule is COc1ncccc1CNc1nc2ccc(F)cn2n1. The number of ether oxygens (including phenoxy) is 1. The molecule has 0 amide bonds. The minimum Gasteiger partial charge on any atom is -0.481 e. The molecule has 0 saturated heterocycles. The number of hydrogen-bond donors (Lipinski definition) is 1. The lowest BCUT2D eigenvalue weighted by molar-refractivity contribution is 0.393. The minimum absolute atomic E-state index is 0.358. The molecule has 0 atom stereocenters. The maximum Gasteiger partial charge on any atom is 0.243 e. The van der Waals surface area contributed by atoms with Crippen molar-refractivity contribution in [3.8, 4) is 5.88 Å². The first-order chi connectivity index (χ1) is 9.76. The van der Waals surface area contributed by atoms with Crippen molar-refractivity contribution in [2.24, 2.45) is 0 Å². The molecule has 0 aliphatic carbocycles. The van der Waals surface area contributed by atoms with Crippen LogP contribution in [-0.4, -0.2) is 26.7 Å². The largest absolute Gasteiger partial charge is 0.481 e. The third-order valence-corrected chi connectivity index (χ3v) is 2.78. The Morgan fingerprint density at radius 1 is 1.35 bits per heavy atom. The van der Waals surface area contributed by atoms with Gasteiger partial charge in [-0.1, -0.05) is 6.07 Å². The molecule has 0 saturated carbocycles. The number of nitrogens with one attached hydrogen (secondary N) is 1. The van der Waals surface area contributed by atoms with E-state index in [9.17, 15) is 4.39 Å². The number of methoxy groups -OCH3 is 1. The Bertz CT molecular complexity index is 742. The van der Waals surface area contributed by atoms with Crippen molar-refractivity contribution >= 4 is 11.6 Å². The maximum atomic E-state index is 13.1. The summed E-state index contributed by atoms with van der Waals surface area (Å²) in [6, 6.07) is 6.64. The van der Waals surface area contributed by atoms with E-state index in [1.165, 1.54) is 16.8 Å². The maximum absolute atomic E-state index is 13.1. The first-order valence-corrected chi connectivity index (χ1v) is 6.00. The van der Waals surface area contributed by atoms with Gasteiger partial charge >= 0.3 is 0 Å². The molecule has 1 N–H and O–H groups in total. The Labute approximate surface area is 114 Å². The summed E-state index contributed by atoms with van der Waals surface area (Å²) in [7, 11) is 1.57. The van der Waals surface area contributed by atoms with Crippen LogP contribution < -0.4 is 10.1 Å². The van der Waals surface area contributed by atoms with E-state index < -0.39 is 0 Å². The predicted octanol–water partition coefficient (Wildman–Crippen LogP) is 1.88. The Balaban J connectivity index is 1.79. The zero-order valence-corrected chi connectivity index (χ0v) is 10.7. The lowest BCUT2D eigenvalue weighted by Gasteiger charge is -2.06. The summed E-state index contributed by atoms with van der Waals surface area (Å²) in [5, 5.41) is 7.20. The third kappa shape index (κ3) is 2.37. The van der Waals surface area contributed by atoms with Crippen LogP contribution in [0.15, 0.2) is 36.7 Å². The number of hydrogen-bond acceptors (Lipinski definition) is 5. The van der Waals surface area contributed by atoms with Crippen molar-refractivity contribution in [3.63, 3.8) is 0 Å². The number of anilines is 1. The second-order valence-electron chi connectivity index (χ2n) is 4.11. The number of pyridine rings is 2. The first kappa shape index (κ1) is 12.3. The molecule has 6 nitrogen and oxygen atoms in total. The van der Waals surface area contributed by atoms with Gasteiger partial charge < -0.3 is 10.1 Å². The van der Waals surface area contributed by atoms with Crippen LogP contribution in [0.2, 0.25) is 0 Å². The monoisotopic (exact) mass is 273 g/mol. The Morgan fingerprint density at radius 2 is 2.25 bits per heavy atom. The van der Waals surface area contributed by atoms with Crippen molar-refractivity contribution in [2.45, 2.75) is 6.54 Å². The van der Waals surface area contributed by atoms with Gasteiger partial charge in [0.15, 0.2) is 5.65 Å². The lowest BCUT2D eigenvalue weighted by Crippen LogP contribution is -2.04. The van der Waals surface area contributed by atoms with Crippen molar-refractivity contribution in [1.29, 1.82) is 0 Å². The Morgan fingerprint density at radius 3 is 3.10 bits per heavy atom. The van der Waals surface area contributed by atoms with E-state index in [-0.39, 0.29) is 5.82 Å². The molecular formula is C13H12FN5O. The first-order valence-electron chi connectivity index (χ1n) is 6.00. The molecule has 3 heterocycles. The molecule has 0 bridgehead atoms. The molecule has 0 radical (unpaired) electrons. The number of halogens is 1. The summed E-state index contributed by atoms with van der Waals surface area (Å²) in [6.07, 6.45) is 2.94. The fourth-order valence-electron chi connectivity index (χ4n) is 1.85. The highest BCUT2D eigenvalue weighted by Crippen LogP contribution is 2.15.